The molecule has 0 fully saturated rings. The molecule has 7 heteroatoms. The van der Waals surface area contributed by atoms with E-state index in [4.69, 9.17) is 10.5 Å². The molecular weight excluding hydrogens is 399 g/mol. The number of aliphatic hydroxyl groups is 2. The number of benzene rings is 3. The van der Waals surface area contributed by atoms with Crippen LogP contribution in [-0.2, 0) is 4.74 Å². The lowest BCUT2D eigenvalue weighted by Gasteiger charge is -2.20. The predicted molar refractivity (Wildman–Crippen MR) is 115 cm³/mol. The Hall–Kier alpha value is -3.42. The van der Waals surface area contributed by atoms with E-state index in [1.807, 2.05) is 48.5 Å². The van der Waals surface area contributed by atoms with Gasteiger partial charge in [-0.1, -0.05) is 54.6 Å². The number of nitrogens with one attached hydrogen (secondary N) is 1. The molecule has 4 rings (SSSR count). The van der Waals surface area contributed by atoms with Crippen molar-refractivity contribution in [2.45, 2.75) is 18.1 Å². The van der Waals surface area contributed by atoms with Crippen LogP contribution in [0.15, 0.2) is 66.7 Å². The molecule has 2 atom stereocenters. The maximum absolute atomic E-state index is 13.9. The zero-order chi connectivity index (χ0) is 22.0. The summed E-state index contributed by atoms with van der Waals surface area (Å²) >= 11 is 0. The van der Waals surface area contributed by atoms with Gasteiger partial charge in [0, 0.05) is 23.7 Å². The Labute approximate surface area is 179 Å². The number of hydrogen-bond donors (Lipinski definition) is 4. The van der Waals surface area contributed by atoms with Crippen LogP contribution in [0.4, 0.5) is 14.9 Å². The number of anilines is 1. The number of hydrogen-bond acceptors (Lipinski definition) is 5. The quantitative estimate of drug-likeness (QED) is 0.456. The third-order valence-corrected chi connectivity index (χ3v) is 5.51. The molecule has 2 unspecified atom stereocenters. The van der Waals surface area contributed by atoms with Crippen LogP contribution in [0.25, 0.3) is 11.1 Å². The molecule has 1 aliphatic rings. The van der Waals surface area contributed by atoms with Crippen molar-refractivity contribution in [2.24, 2.45) is 0 Å². The summed E-state index contributed by atoms with van der Waals surface area (Å²) in [7, 11) is 0. The van der Waals surface area contributed by atoms with E-state index in [0.29, 0.717) is 0 Å². The van der Waals surface area contributed by atoms with Crippen LogP contribution in [-0.4, -0.2) is 35.6 Å². The zero-order valence-electron chi connectivity index (χ0n) is 16.7. The lowest BCUT2D eigenvalue weighted by Crippen LogP contribution is -2.36. The first-order chi connectivity index (χ1) is 15.0. The lowest BCUT2D eigenvalue weighted by molar-refractivity contribution is 0.0165. The average molecular weight is 422 g/mol. The summed E-state index contributed by atoms with van der Waals surface area (Å²) in [5, 5.41) is 22.7. The molecule has 3 aromatic carbocycles. The van der Waals surface area contributed by atoms with Crippen LogP contribution in [0.3, 0.4) is 0 Å². The van der Waals surface area contributed by atoms with Gasteiger partial charge >= 0.3 is 6.09 Å². The second kappa shape index (κ2) is 8.75. The molecule has 0 aliphatic heterocycles. The van der Waals surface area contributed by atoms with Crippen molar-refractivity contribution in [2.75, 3.05) is 18.9 Å². The number of nitrogens with two attached hydrogens (primary N) is 1. The summed E-state index contributed by atoms with van der Waals surface area (Å²) in [5.41, 5.74) is 10.0. The number of ether oxygens (including phenoxy) is 1. The molecular formula is C24H23FN2O4. The smallest absolute Gasteiger partial charge is 0.407 e. The number of alkyl carbamates (subject to hydrolysis) is 1. The van der Waals surface area contributed by atoms with E-state index < -0.39 is 24.1 Å². The third-order valence-electron chi connectivity index (χ3n) is 5.51. The maximum atomic E-state index is 13.9. The van der Waals surface area contributed by atoms with Crippen LogP contribution in [0.5, 0.6) is 0 Å². The second-order valence-electron chi connectivity index (χ2n) is 7.50. The Morgan fingerprint density at radius 2 is 1.65 bits per heavy atom. The Morgan fingerprint density at radius 1 is 1.03 bits per heavy atom. The fraction of sp³-hybridized carbons (Fsp3) is 0.208. The van der Waals surface area contributed by atoms with Crippen molar-refractivity contribution < 1.29 is 24.1 Å². The minimum atomic E-state index is -1.52. The fourth-order valence-corrected chi connectivity index (χ4v) is 3.94. The molecule has 0 bridgehead atoms. The molecule has 0 spiro atoms. The normalized spacial score (nSPS) is 14.4. The van der Waals surface area contributed by atoms with Gasteiger partial charge in [-0.2, -0.15) is 0 Å². The minimum absolute atomic E-state index is 0.0856. The molecule has 0 radical (unpaired) electrons. The van der Waals surface area contributed by atoms with Gasteiger partial charge in [0.1, 0.15) is 24.6 Å². The minimum Gasteiger partial charge on any atom is -0.449 e. The molecule has 5 N–H and O–H groups in total. The summed E-state index contributed by atoms with van der Waals surface area (Å²) in [5.74, 6) is -0.815. The van der Waals surface area contributed by atoms with Crippen molar-refractivity contribution in [1.82, 2.24) is 5.32 Å². The van der Waals surface area contributed by atoms with E-state index in [1.165, 1.54) is 12.1 Å². The van der Waals surface area contributed by atoms with Crippen molar-refractivity contribution in [1.29, 1.82) is 0 Å². The Balaban J connectivity index is 1.35. The summed E-state index contributed by atoms with van der Waals surface area (Å²) < 4.78 is 19.3. The SMILES string of the molecule is Nc1ccc(C(O)C(O)CNC(=O)OCC2c3ccccc3-c3ccccc32)c(F)c1. The highest BCUT2D eigenvalue weighted by Gasteiger charge is 2.29. The van der Waals surface area contributed by atoms with E-state index in [0.717, 1.165) is 28.3 Å². The largest absolute Gasteiger partial charge is 0.449 e. The van der Waals surface area contributed by atoms with Gasteiger partial charge < -0.3 is 26.0 Å². The topological polar surface area (TPSA) is 105 Å². The first kappa shape index (κ1) is 20.8. The number of rotatable bonds is 6. The van der Waals surface area contributed by atoms with Crippen molar-refractivity contribution in [3.8, 4) is 11.1 Å². The van der Waals surface area contributed by atoms with Gasteiger partial charge in [0.05, 0.1) is 0 Å². The van der Waals surface area contributed by atoms with Crippen LogP contribution in [0.2, 0.25) is 0 Å². The monoisotopic (exact) mass is 422 g/mol. The number of amides is 1. The third kappa shape index (κ3) is 4.23. The van der Waals surface area contributed by atoms with Crippen LogP contribution in [0, 0.1) is 5.82 Å². The fourth-order valence-electron chi connectivity index (χ4n) is 3.94. The van der Waals surface area contributed by atoms with Gasteiger partial charge in [-0.05, 0) is 34.4 Å². The molecule has 0 saturated carbocycles. The highest BCUT2D eigenvalue weighted by Crippen LogP contribution is 2.44. The molecule has 3 aromatic rings. The number of nitrogen functional groups attached to an aromatic ring is 1. The Bertz CT molecular complexity index is 1060. The standard InChI is InChI=1S/C24H23FN2O4/c25-21-11-14(26)9-10-19(21)23(29)22(28)12-27-24(30)31-13-20-17-7-3-1-5-15(17)16-6-2-4-8-18(16)20/h1-11,20,22-23,28-29H,12-13,26H2,(H,27,30). The first-order valence-electron chi connectivity index (χ1n) is 9.95. The Kier molecular flexibility index (Phi) is 5.88. The van der Waals surface area contributed by atoms with E-state index >= 15 is 0 Å². The van der Waals surface area contributed by atoms with Crippen molar-refractivity contribution in [3.63, 3.8) is 0 Å². The summed E-state index contributed by atoms with van der Waals surface area (Å²) in [6.45, 7) is -0.174. The van der Waals surface area contributed by atoms with Crippen LogP contribution >= 0.6 is 0 Å². The molecule has 0 heterocycles. The molecule has 31 heavy (non-hydrogen) atoms. The van der Waals surface area contributed by atoms with Crippen molar-refractivity contribution in [3.05, 3.63) is 89.2 Å². The summed E-state index contributed by atoms with van der Waals surface area (Å²) in [4.78, 5) is 12.2. The number of halogens is 1. The van der Waals surface area contributed by atoms with Crippen LogP contribution < -0.4 is 11.1 Å². The number of aliphatic hydroxyl groups excluding tert-OH is 2. The maximum Gasteiger partial charge on any atom is 0.407 e. The molecule has 6 nitrogen and oxygen atoms in total. The van der Waals surface area contributed by atoms with E-state index in [9.17, 15) is 19.4 Å². The van der Waals surface area contributed by atoms with E-state index in [-0.39, 0.29) is 30.3 Å². The van der Waals surface area contributed by atoms with Crippen LogP contribution in [0.1, 0.15) is 28.7 Å². The average Bonchev–Trinajstić information content (AvgIpc) is 3.09. The van der Waals surface area contributed by atoms with Gasteiger partial charge in [-0.3, -0.25) is 0 Å². The van der Waals surface area contributed by atoms with Gasteiger partial charge in [0.25, 0.3) is 0 Å². The van der Waals surface area contributed by atoms with E-state index in [1.54, 1.807) is 0 Å². The molecule has 0 aromatic heterocycles. The van der Waals surface area contributed by atoms with Gasteiger partial charge in [-0.15, -0.1) is 0 Å². The van der Waals surface area contributed by atoms with Crippen molar-refractivity contribution >= 4 is 11.8 Å². The zero-order valence-corrected chi connectivity index (χ0v) is 16.7. The Morgan fingerprint density at radius 3 is 2.26 bits per heavy atom. The first-order valence-corrected chi connectivity index (χ1v) is 9.95. The highest BCUT2D eigenvalue weighted by atomic mass is 19.1. The molecule has 160 valence electrons. The summed E-state index contributed by atoms with van der Waals surface area (Å²) in [6.07, 6.45) is -3.67. The number of fused-ring (bicyclic) bond motifs is 3. The summed E-state index contributed by atoms with van der Waals surface area (Å²) in [6, 6.07) is 19.8. The van der Waals surface area contributed by atoms with Gasteiger partial charge in [0.15, 0.2) is 0 Å². The van der Waals surface area contributed by atoms with Gasteiger partial charge in [-0.25, -0.2) is 9.18 Å². The molecule has 1 amide bonds. The second-order valence-corrected chi connectivity index (χ2v) is 7.50. The lowest BCUT2D eigenvalue weighted by atomic mass is 9.98. The predicted octanol–water partition coefficient (Wildman–Crippen LogP) is 3.34. The molecule has 1 aliphatic carbocycles. The number of carbonyl (C=O) groups is 1. The van der Waals surface area contributed by atoms with E-state index in [2.05, 4.69) is 5.32 Å². The molecule has 0 saturated heterocycles. The highest BCUT2D eigenvalue weighted by molar-refractivity contribution is 5.79. The number of carbonyl (C=O) groups excluding carboxylic acids is 1. The van der Waals surface area contributed by atoms with Gasteiger partial charge in [0.2, 0.25) is 0 Å².